The van der Waals surface area contributed by atoms with Crippen molar-refractivity contribution in [3.8, 4) is 11.1 Å². The minimum absolute atomic E-state index is 0.0173. The molecule has 3 aromatic carbocycles. The average Bonchev–Trinajstić information content (AvgIpc) is 3.64. The molecule has 0 saturated carbocycles. The largest absolute Gasteiger partial charge is 0.465 e. The Hall–Kier alpha value is -6.35. The third-order valence-electron chi connectivity index (χ3n) is 8.30. The molecule has 2 heterocycles. The normalized spacial score (nSPS) is 12.2. The van der Waals surface area contributed by atoms with Gasteiger partial charge in [-0.3, -0.25) is 20.3 Å². The van der Waals surface area contributed by atoms with Gasteiger partial charge in [0.15, 0.2) is 17.0 Å². The highest BCUT2D eigenvalue weighted by Crippen LogP contribution is 2.44. The van der Waals surface area contributed by atoms with E-state index in [0.717, 1.165) is 27.8 Å². The lowest BCUT2D eigenvalue weighted by Gasteiger charge is -2.23. The monoisotopic (exact) mass is 735 g/mol. The number of esters is 2. The van der Waals surface area contributed by atoms with Crippen LogP contribution in [0.3, 0.4) is 0 Å². The summed E-state index contributed by atoms with van der Waals surface area (Å²) in [6, 6.07) is 25.1. The van der Waals surface area contributed by atoms with Crippen LogP contribution < -0.4 is 10.7 Å². The van der Waals surface area contributed by atoms with Crippen LogP contribution in [0.5, 0.6) is 0 Å². The van der Waals surface area contributed by atoms with E-state index in [-0.39, 0.29) is 61.6 Å². The smallest absolute Gasteiger partial charge is 0.421 e. The molecule has 1 aliphatic carbocycles. The number of carbonyl (C=O) groups excluding carboxylic acids is 4. The number of nitrogens with one attached hydrogen (secondary N) is 2. The molecule has 2 N–H and O–H groups in total. The summed E-state index contributed by atoms with van der Waals surface area (Å²) in [5.74, 6) is -1.22. The van der Waals surface area contributed by atoms with Crippen molar-refractivity contribution < 1.29 is 38.1 Å². The number of anilines is 1. The molecule has 1 aliphatic rings. The maximum absolute atomic E-state index is 13.4. The van der Waals surface area contributed by atoms with E-state index in [1.165, 1.54) is 15.9 Å². The van der Waals surface area contributed by atoms with Crippen LogP contribution in [-0.2, 0) is 48.2 Å². The number of ether oxygens (including phenoxy) is 4. The number of hydrogen-bond acceptors (Lipinski definition) is 12. The molecule has 2 aromatic heterocycles. The zero-order chi connectivity index (χ0) is 38.2. The molecule has 0 spiro atoms. The summed E-state index contributed by atoms with van der Waals surface area (Å²) in [6.07, 6.45) is -0.403. The maximum Gasteiger partial charge on any atom is 0.421 e. The molecule has 5 aromatic rings. The topological polar surface area (TPSA) is 176 Å². The van der Waals surface area contributed by atoms with E-state index < -0.39 is 36.3 Å². The molecule has 15 heteroatoms. The zero-order valence-electron chi connectivity index (χ0n) is 30.4. The van der Waals surface area contributed by atoms with Crippen molar-refractivity contribution in [3.05, 3.63) is 108 Å². The van der Waals surface area contributed by atoms with Gasteiger partial charge in [-0.15, -0.1) is 0 Å². The fourth-order valence-electron chi connectivity index (χ4n) is 6.15. The molecule has 0 saturated heterocycles. The van der Waals surface area contributed by atoms with Gasteiger partial charge < -0.3 is 23.5 Å². The summed E-state index contributed by atoms with van der Waals surface area (Å²) in [7, 11) is 0. The van der Waals surface area contributed by atoms with Crippen LogP contribution in [0.15, 0.2) is 85.2 Å². The quantitative estimate of drug-likeness (QED) is 0.0854. The number of imidazole rings is 1. The summed E-state index contributed by atoms with van der Waals surface area (Å²) in [6.45, 7) is 6.10. The van der Waals surface area contributed by atoms with Crippen LogP contribution in [0, 0.1) is 0 Å². The Morgan fingerprint density at radius 2 is 1.48 bits per heavy atom. The highest BCUT2D eigenvalue weighted by Gasteiger charge is 2.30. The molecule has 0 radical (unpaired) electrons. The number of carbonyl (C=O) groups is 4. The third-order valence-corrected chi connectivity index (χ3v) is 8.30. The second-order valence-electron chi connectivity index (χ2n) is 13.4. The van der Waals surface area contributed by atoms with Gasteiger partial charge in [0.2, 0.25) is 0 Å². The molecule has 0 unspecified atom stereocenters. The minimum atomic E-state index is -0.820. The maximum atomic E-state index is 13.4. The predicted octanol–water partition coefficient (Wildman–Crippen LogP) is 5.74. The first kappa shape index (κ1) is 37.4. The van der Waals surface area contributed by atoms with Gasteiger partial charge >= 0.3 is 24.1 Å². The van der Waals surface area contributed by atoms with E-state index in [9.17, 15) is 19.2 Å². The molecular formula is C39H41N7O8. The number of rotatable bonds is 13. The van der Waals surface area contributed by atoms with E-state index in [1.807, 2.05) is 78.9 Å². The number of hydrogen-bond donors (Lipinski definition) is 2. The predicted molar refractivity (Wildman–Crippen MR) is 197 cm³/mol. The van der Waals surface area contributed by atoms with Crippen molar-refractivity contribution in [1.29, 1.82) is 0 Å². The summed E-state index contributed by atoms with van der Waals surface area (Å²) < 4.78 is 23.3. The van der Waals surface area contributed by atoms with E-state index in [2.05, 4.69) is 25.7 Å². The van der Waals surface area contributed by atoms with Crippen molar-refractivity contribution in [3.63, 3.8) is 0 Å². The fourth-order valence-corrected chi connectivity index (χ4v) is 6.15. The summed E-state index contributed by atoms with van der Waals surface area (Å²) in [4.78, 5) is 65.3. The molecule has 6 rings (SSSR count). The highest BCUT2D eigenvalue weighted by atomic mass is 16.6. The lowest BCUT2D eigenvalue weighted by Crippen LogP contribution is -2.46. The average molecular weight is 736 g/mol. The second kappa shape index (κ2) is 16.5. The first-order chi connectivity index (χ1) is 26.0. The van der Waals surface area contributed by atoms with Crippen molar-refractivity contribution in [2.45, 2.75) is 58.9 Å². The molecule has 0 bridgehead atoms. The Bertz CT molecular complexity index is 2100. The van der Waals surface area contributed by atoms with Crippen LogP contribution in [0.1, 0.15) is 56.1 Å². The van der Waals surface area contributed by atoms with Crippen LogP contribution in [-0.4, -0.2) is 74.0 Å². The number of amides is 2. The second-order valence-corrected chi connectivity index (χ2v) is 13.4. The van der Waals surface area contributed by atoms with Gasteiger partial charge in [0.25, 0.3) is 0 Å². The Morgan fingerprint density at radius 3 is 2.15 bits per heavy atom. The first-order valence-electron chi connectivity index (χ1n) is 17.4. The Balaban J connectivity index is 1.24. The lowest BCUT2D eigenvalue weighted by molar-refractivity contribution is -0.155. The van der Waals surface area contributed by atoms with Crippen LogP contribution in [0.4, 0.5) is 15.4 Å². The molecule has 15 nitrogen and oxygen atoms in total. The van der Waals surface area contributed by atoms with Gasteiger partial charge in [-0.1, -0.05) is 78.9 Å². The number of nitrogens with zero attached hydrogens (tertiary/aromatic N) is 5. The Morgan fingerprint density at radius 1 is 0.815 bits per heavy atom. The molecule has 54 heavy (non-hydrogen) atoms. The Kier molecular flexibility index (Phi) is 11.5. The van der Waals surface area contributed by atoms with E-state index in [1.54, 1.807) is 27.7 Å². The number of hydrazine groups is 1. The zero-order valence-corrected chi connectivity index (χ0v) is 30.4. The van der Waals surface area contributed by atoms with Gasteiger partial charge in [0, 0.05) is 5.92 Å². The molecular weight excluding hydrogens is 694 g/mol. The van der Waals surface area contributed by atoms with E-state index in [0.29, 0.717) is 0 Å². The van der Waals surface area contributed by atoms with Gasteiger partial charge in [-0.2, -0.15) is 5.01 Å². The summed E-state index contributed by atoms with van der Waals surface area (Å²) >= 11 is 0. The molecule has 0 atom stereocenters. The summed E-state index contributed by atoms with van der Waals surface area (Å²) in [5.41, 5.74) is 7.19. The highest BCUT2D eigenvalue weighted by molar-refractivity contribution is 5.94. The fraction of sp³-hybridized carbons (Fsp3) is 0.308. The van der Waals surface area contributed by atoms with Crippen molar-refractivity contribution in [2.75, 3.05) is 25.1 Å². The third kappa shape index (κ3) is 9.16. The van der Waals surface area contributed by atoms with E-state index in [4.69, 9.17) is 18.9 Å². The van der Waals surface area contributed by atoms with E-state index >= 15 is 0 Å². The molecule has 2 amide bonds. The molecule has 280 valence electrons. The van der Waals surface area contributed by atoms with Crippen LogP contribution in [0.25, 0.3) is 22.3 Å². The Labute approximate surface area is 311 Å². The minimum Gasteiger partial charge on any atom is -0.465 e. The van der Waals surface area contributed by atoms with Crippen molar-refractivity contribution >= 4 is 41.1 Å². The summed E-state index contributed by atoms with van der Waals surface area (Å²) in [5, 5.41) is 3.86. The van der Waals surface area contributed by atoms with Gasteiger partial charge in [0.1, 0.15) is 44.1 Å². The standard InChI is InChI=1S/C39H41N7O8/c1-5-51-32(47)20-45(44-38(50)53-23-30-28-17-11-9-15-26(28)27-16-10-12-18-29(27)30)19-31-42-34-35(43-37(49)52-22-25-13-7-6-8-14-25)40-24-41-36(34)46(31)21-33(48)54-39(2,3)4/h6-18,24,30H,5,19-23H2,1-4H3,(H,44,50)(H,40,41,43,49). The molecule has 0 fully saturated rings. The van der Waals surface area contributed by atoms with Gasteiger partial charge in [-0.25, -0.2) is 24.5 Å². The van der Waals surface area contributed by atoms with Crippen molar-refractivity contribution in [2.24, 2.45) is 0 Å². The number of benzene rings is 3. The van der Waals surface area contributed by atoms with Gasteiger partial charge in [0.05, 0.1) is 13.2 Å². The van der Waals surface area contributed by atoms with Crippen molar-refractivity contribution in [1.82, 2.24) is 30.0 Å². The van der Waals surface area contributed by atoms with Crippen LogP contribution >= 0.6 is 0 Å². The van der Waals surface area contributed by atoms with Gasteiger partial charge in [-0.05, 0) is 55.5 Å². The lowest BCUT2D eigenvalue weighted by atomic mass is 9.98. The number of fused-ring (bicyclic) bond motifs is 4. The number of aromatic nitrogens is 4. The SMILES string of the molecule is CCOC(=O)CN(Cc1nc2c(NC(=O)OCc3ccccc3)ncnc2n1CC(=O)OC(C)(C)C)NC(=O)OCC1c2ccccc2-c2ccccc21. The molecule has 0 aliphatic heterocycles. The first-order valence-corrected chi connectivity index (χ1v) is 17.4. The van der Waals surface area contributed by atoms with Crippen LogP contribution in [0.2, 0.25) is 0 Å².